The van der Waals surface area contributed by atoms with Gasteiger partial charge in [0.15, 0.2) is 14.1 Å². The molecular formula is C23H27F6N5O3Si. The Balaban J connectivity index is 1.85. The van der Waals surface area contributed by atoms with Crippen molar-refractivity contribution >= 4 is 26.5 Å². The van der Waals surface area contributed by atoms with Crippen LogP contribution in [0.5, 0.6) is 0 Å². The zero-order valence-electron chi connectivity index (χ0n) is 21.5. The number of imide groups is 1. The number of alkyl halides is 6. The summed E-state index contributed by atoms with van der Waals surface area (Å²) in [7, 11) is -0.770. The topological polar surface area (TPSA) is 80.6 Å². The molecule has 1 fully saturated rings. The van der Waals surface area contributed by atoms with E-state index in [1.807, 2.05) is 13.1 Å². The van der Waals surface area contributed by atoms with E-state index in [-0.39, 0.29) is 30.0 Å². The third kappa shape index (κ3) is 6.09. The Hall–Kier alpha value is -3.20. The van der Waals surface area contributed by atoms with Crippen molar-refractivity contribution in [2.75, 3.05) is 20.2 Å². The average Bonchev–Trinajstić information content (AvgIpc) is 3.32. The monoisotopic (exact) mass is 563 g/mol. The minimum atomic E-state index is -5.03. The third-order valence-corrected chi connectivity index (χ3v) is 11.1. The maximum atomic E-state index is 13.2. The molecule has 0 radical (unpaired) electrons. The SMILES string of the molecule is CN1C(=O)N(CCO[Si](C)(C)C(C)(C)C)C(=O)/C1=C/n1cnc(-c2cc(C(F)(F)F)cc(C(F)(F)F)c2)n1. The number of amides is 3. The Kier molecular flexibility index (Phi) is 7.60. The van der Waals surface area contributed by atoms with Crippen LogP contribution in [0.1, 0.15) is 31.9 Å². The lowest BCUT2D eigenvalue weighted by Crippen LogP contribution is -2.43. The van der Waals surface area contributed by atoms with Crippen molar-refractivity contribution in [3.05, 3.63) is 41.4 Å². The molecule has 0 bridgehead atoms. The lowest BCUT2D eigenvalue weighted by atomic mass is 10.0. The number of aromatic nitrogens is 3. The van der Waals surface area contributed by atoms with Crippen LogP contribution >= 0.6 is 0 Å². The van der Waals surface area contributed by atoms with Crippen LogP contribution in [0.4, 0.5) is 31.1 Å². The summed E-state index contributed by atoms with van der Waals surface area (Å²) in [6.45, 7) is 10.4. The highest BCUT2D eigenvalue weighted by atomic mass is 28.4. The summed E-state index contributed by atoms with van der Waals surface area (Å²) < 4.78 is 86.1. The van der Waals surface area contributed by atoms with Gasteiger partial charge in [-0.25, -0.2) is 14.5 Å². The number of benzene rings is 1. The number of likely N-dealkylation sites (N-methyl/N-ethyl adjacent to an activating group) is 1. The predicted molar refractivity (Wildman–Crippen MR) is 128 cm³/mol. The normalized spacial score (nSPS) is 16.8. The first-order valence-electron chi connectivity index (χ1n) is 11.4. The molecule has 38 heavy (non-hydrogen) atoms. The number of nitrogens with zero attached hydrogens (tertiary/aromatic N) is 5. The Morgan fingerprint density at radius 2 is 1.53 bits per heavy atom. The second-order valence-corrected chi connectivity index (χ2v) is 15.1. The molecule has 2 aromatic rings. The molecule has 1 aromatic heterocycles. The van der Waals surface area contributed by atoms with Crippen LogP contribution in [0.2, 0.25) is 18.1 Å². The average molecular weight is 564 g/mol. The van der Waals surface area contributed by atoms with Gasteiger partial charge in [0.2, 0.25) is 0 Å². The fourth-order valence-corrected chi connectivity index (χ4v) is 4.31. The summed E-state index contributed by atoms with van der Waals surface area (Å²) in [5.74, 6) is -1.09. The molecule has 1 aliphatic heterocycles. The molecule has 0 N–H and O–H groups in total. The number of rotatable bonds is 6. The van der Waals surface area contributed by atoms with Gasteiger partial charge in [-0.1, -0.05) is 20.8 Å². The molecule has 1 saturated heterocycles. The first kappa shape index (κ1) is 29.4. The third-order valence-electron chi connectivity index (χ3n) is 6.54. The van der Waals surface area contributed by atoms with Crippen molar-refractivity contribution in [1.29, 1.82) is 0 Å². The summed E-state index contributed by atoms with van der Waals surface area (Å²) >= 11 is 0. The van der Waals surface area contributed by atoms with Crippen molar-refractivity contribution < 1.29 is 40.4 Å². The van der Waals surface area contributed by atoms with Crippen LogP contribution in [-0.2, 0) is 21.6 Å². The minimum absolute atomic E-state index is 0.00107. The van der Waals surface area contributed by atoms with Crippen LogP contribution in [0.3, 0.4) is 0 Å². The van der Waals surface area contributed by atoms with E-state index in [0.717, 1.165) is 27.0 Å². The van der Waals surface area contributed by atoms with Gasteiger partial charge in [-0.2, -0.15) is 26.3 Å². The van der Waals surface area contributed by atoms with Crippen LogP contribution in [0, 0.1) is 0 Å². The number of carbonyl (C=O) groups is 2. The molecule has 15 heteroatoms. The highest BCUT2D eigenvalue weighted by Crippen LogP contribution is 2.38. The van der Waals surface area contributed by atoms with E-state index in [1.165, 1.54) is 7.05 Å². The van der Waals surface area contributed by atoms with Gasteiger partial charge in [0.1, 0.15) is 12.0 Å². The molecule has 3 rings (SSSR count). The van der Waals surface area contributed by atoms with E-state index in [0.29, 0.717) is 12.1 Å². The van der Waals surface area contributed by atoms with Crippen molar-refractivity contribution in [3.8, 4) is 11.4 Å². The number of urea groups is 1. The zero-order valence-corrected chi connectivity index (χ0v) is 22.5. The minimum Gasteiger partial charge on any atom is -0.415 e. The number of hydrogen-bond donors (Lipinski definition) is 0. The molecule has 8 nitrogen and oxygen atoms in total. The van der Waals surface area contributed by atoms with E-state index in [1.54, 1.807) is 0 Å². The highest BCUT2D eigenvalue weighted by Gasteiger charge is 2.41. The Bertz CT molecular complexity index is 1230. The van der Waals surface area contributed by atoms with Gasteiger partial charge in [0.05, 0.1) is 30.5 Å². The molecule has 0 unspecified atom stereocenters. The van der Waals surface area contributed by atoms with Gasteiger partial charge in [0, 0.05) is 12.6 Å². The molecule has 2 heterocycles. The lowest BCUT2D eigenvalue weighted by molar-refractivity contribution is -0.143. The maximum absolute atomic E-state index is 13.2. The van der Waals surface area contributed by atoms with Gasteiger partial charge in [0.25, 0.3) is 5.91 Å². The van der Waals surface area contributed by atoms with Crippen molar-refractivity contribution in [2.24, 2.45) is 0 Å². The molecule has 3 amide bonds. The molecule has 208 valence electrons. The van der Waals surface area contributed by atoms with E-state index in [2.05, 4.69) is 30.9 Å². The van der Waals surface area contributed by atoms with E-state index in [4.69, 9.17) is 4.43 Å². The lowest BCUT2D eigenvalue weighted by Gasteiger charge is -2.36. The summed E-state index contributed by atoms with van der Waals surface area (Å²) in [6.07, 6.45) is -7.94. The van der Waals surface area contributed by atoms with E-state index < -0.39 is 55.1 Å². The fourth-order valence-electron chi connectivity index (χ4n) is 3.28. The quantitative estimate of drug-likeness (QED) is 0.195. The van der Waals surface area contributed by atoms with Gasteiger partial charge in [-0.05, 0) is 36.3 Å². The van der Waals surface area contributed by atoms with Crippen LogP contribution in [0.25, 0.3) is 17.6 Å². The van der Waals surface area contributed by atoms with Gasteiger partial charge in [-0.3, -0.25) is 14.6 Å². The molecule has 0 atom stereocenters. The molecule has 1 aliphatic rings. The van der Waals surface area contributed by atoms with Crippen molar-refractivity contribution in [3.63, 3.8) is 0 Å². The molecule has 0 saturated carbocycles. The summed E-state index contributed by atoms with van der Waals surface area (Å²) in [5, 5.41) is 3.83. The first-order valence-corrected chi connectivity index (χ1v) is 14.3. The number of carbonyl (C=O) groups excluding carboxylic acids is 2. The van der Waals surface area contributed by atoms with Crippen LogP contribution < -0.4 is 0 Å². The van der Waals surface area contributed by atoms with Gasteiger partial charge in [-0.15, -0.1) is 5.10 Å². The van der Waals surface area contributed by atoms with E-state index in [9.17, 15) is 35.9 Å². The molecule has 0 spiro atoms. The van der Waals surface area contributed by atoms with Crippen molar-refractivity contribution in [2.45, 2.75) is 51.3 Å². The summed E-state index contributed by atoms with van der Waals surface area (Å²) in [6, 6.07) is 0.391. The van der Waals surface area contributed by atoms with Crippen LogP contribution in [-0.4, -0.2) is 65.0 Å². The van der Waals surface area contributed by atoms with Gasteiger partial charge < -0.3 is 4.43 Å². The highest BCUT2D eigenvalue weighted by molar-refractivity contribution is 6.74. The second kappa shape index (κ2) is 9.84. The molecule has 1 aromatic carbocycles. The summed E-state index contributed by atoms with van der Waals surface area (Å²) in [4.78, 5) is 31.4. The number of halogens is 6. The maximum Gasteiger partial charge on any atom is 0.416 e. The number of hydrogen-bond acceptors (Lipinski definition) is 5. The Morgan fingerprint density at radius 3 is 2.03 bits per heavy atom. The van der Waals surface area contributed by atoms with Crippen molar-refractivity contribution in [1.82, 2.24) is 24.6 Å². The standard InChI is InChI=1S/C23H27F6N5O3Si/c1-21(2,3)38(5,6)37-8-7-34-19(35)17(32(4)20(34)36)12-33-13-30-18(31-33)14-9-15(22(24,25)26)11-16(10-14)23(27,28)29/h9-13H,7-8H2,1-6H3/b17-12-. The summed E-state index contributed by atoms with van der Waals surface area (Å²) in [5.41, 5.74) is -3.65. The fraction of sp³-hybridized carbons (Fsp3) is 0.478. The smallest absolute Gasteiger partial charge is 0.415 e. The Labute approximate surface area is 216 Å². The largest absolute Gasteiger partial charge is 0.416 e. The molecule has 0 aliphatic carbocycles. The predicted octanol–water partition coefficient (Wildman–Crippen LogP) is 5.70. The van der Waals surface area contributed by atoms with Crippen LogP contribution in [0.15, 0.2) is 30.2 Å². The zero-order chi connectivity index (χ0) is 28.8. The Morgan fingerprint density at radius 1 is 0.974 bits per heavy atom. The molecular weight excluding hydrogens is 536 g/mol. The first-order chi connectivity index (χ1) is 17.2. The van der Waals surface area contributed by atoms with E-state index >= 15 is 0 Å². The second-order valence-electron chi connectivity index (χ2n) is 10.3. The van der Waals surface area contributed by atoms with Gasteiger partial charge >= 0.3 is 18.4 Å².